The molecule has 20 heavy (non-hydrogen) atoms. The van der Waals surface area contributed by atoms with E-state index in [1.54, 1.807) is 13.8 Å². The molecule has 1 rings (SSSR count). The van der Waals surface area contributed by atoms with Crippen molar-refractivity contribution in [1.82, 2.24) is 4.31 Å². The molecule has 0 saturated carbocycles. The van der Waals surface area contributed by atoms with Gasteiger partial charge in [-0.3, -0.25) is 0 Å². The molecule has 0 fully saturated rings. The second kappa shape index (κ2) is 6.83. The highest BCUT2D eigenvalue weighted by atomic mass is 32.2. The monoisotopic (exact) mass is 301 g/mol. The van der Waals surface area contributed by atoms with Crippen LogP contribution in [0.25, 0.3) is 0 Å². The van der Waals surface area contributed by atoms with Crippen LogP contribution in [0.4, 0.5) is 0 Å². The number of aryl methyl sites for hydroxylation is 1. The number of ether oxygens (including phenoxy) is 1. The van der Waals surface area contributed by atoms with Crippen molar-refractivity contribution in [3.63, 3.8) is 0 Å². The van der Waals surface area contributed by atoms with Crippen molar-refractivity contribution in [3.8, 4) is 0 Å². The Morgan fingerprint density at radius 3 is 2.55 bits per heavy atom. The third kappa shape index (κ3) is 3.56. The summed E-state index contributed by atoms with van der Waals surface area (Å²) >= 11 is 0. The molecule has 1 aromatic rings. The van der Waals surface area contributed by atoms with Crippen molar-refractivity contribution in [2.75, 3.05) is 26.8 Å². The maximum atomic E-state index is 12.4. The molecule has 0 heterocycles. The van der Waals surface area contributed by atoms with Crippen LogP contribution in [-0.4, -0.2) is 50.6 Å². The molecule has 0 aliphatic carbocycles. The molecule has 112 valence electrons. The largest absolute Gasteiger partial charge is 0.478 e. The zero-order chi connectivity index (χ0) is 15.3. The van der Waals surface area contributed by atoms with Crippen LogP contribution in [0.1, 0.15) is 22.8 Å². The molecule has 0 unspecified atom stereocenters. The molecular weight excluding hydrogens is 282 g/mol. The van der Waals surface area contributed by atoms with E-state index in [-0.39, 0.29) is 23.6 Å². The minimum absolute atomic E-state index is 0.00568. The molecule has 0 aliphatic rings. The zero-order valence-electron chi connectivity index (χ0n) is 11.8. The highest BCUT2D eigenvalue weighted by Gasteiger charge is 2.24. The lowest BCUT2D eigenvalue weighted by molar-refractivity contribution is 0.0696. The molecule has 7 heteroatoms. The lowest BCUT2D eigenvalue weighted by atomic mass is 10.1. The number of carboxylic acid groups (broad SMARTS) is 1. The fourth-order valence-corrected chi connectivity index (χ4v) is 3.24. The standard InChI is InChI=1S/C13H19NO5S/c1-4-14(7-8-19-3)20(17,18)11-6-5-10(2)12(9-11)13(15)16/h5-6,9H,4,7-8H2,1-3H3,(H,15,16). The Kier molecular flexibility index (Phi) is 5.67. The average Bonchev–Trinajstić information content (AvgIpc) is 2.39. The summed E-state index contributed by atoms with van der Waals surface area (Å²) < 4.78 is 31.0. The lowest BCUT2D eigenvalue weighted by Crippen LogP contribution is -2.33. The summed E-state index contributed by atoms with van der Waals surface area (Å²) in [4.78, 5) is 11.1. The van der Waals surface area contributed by atoms with Crippen molar-refractivity contribution in [3.05, 3.63) is 29.3 Å². The Balaban J connectivity index is 3.20. The summed E-state index contributed by atoms with van der Waals surface area (Å²) in [6.45, 7) is 4.15. The fraction of sp³-hybridized carbons (Fsp3) is 0.462. The van der Waals surface area contributed by atoms with Crippen LogP contribution in [0.5, 0.6) is 0 Å². The average molecular weight is 301 g/mol. The molecule has 0 spiro atoms. The van der Waals surface area contributed by atoms with Gasteiger partial charge < -0.3 is 9.84 Å². The van der Waals surface area contributed by atoms with Crippen LogP contribution < -0.4 is 0 Å². The van der Waals surface area contributed by atoms with E-state index in [4.69, 9.17) is 9.84 Å². The second-order valence-electron chi connectivity index (χ2n) is 4.27. The summed E-state index contributed by atoms with van der Waals surface area (Å²) in [5, 5.41) is 9.06. The third-order valence-electron chi connectivity index (χ3n) is 2.97. The minimum atomic E-state index is -3.71. The first-order chi connectivity index (χ1) is 9.34. The molecule has 6 nitrogen and oxygen atoms in total. The number of rotatable bonds is 7. The number of benzene rings is 1. The van der Waals surface area contributed by atoms with E-state index in [1.807, 2.05) is 0 Å². The van der Waals surface area contributed by atoms with Gasteiger partial charge in [-0.2, -0.15) is 4.31 Å². The number of hydrogen-bond donors (Lipinski definition) is 1. The summed E-state index contributed by atoms with van der Waals surface area (Å²) in [5.41, 5.74) is 0.519. The summed E-state index contributed by atoms with van der Waals surface area (Å²) in [7, 11) is -2.21. The van der Waals surface area contributed by atoms with E-state index in [0.717, 1.165) is 0 Å². The van der Waals surface area contributed by atoms with Crippen LogP contribution in [0.15, 0.2) is 23.1 Å². The van der Waals surface area contributed by atoms with E-state index in [9.17, 15) is 13.2 Å². The van der Waals surface area contributed by atoms with Crippen LogP contribution in [0.3, 0.4) is 0 Å². The highest BCUT2D eigenvalue weighted by Crippen LogP contribution is 2.19. The van der Waals surface area contributed by atoms with Crippen LogP contribution in [0.2, 0.25) is 0 Å². The molecular formula is C13H19NO5S. The maximum absolute atomic E-state index is 12.4. The summed E-state index contributed by atoms with van der Waals surface area (Å²) in [5.74, 6) is -1.14. The van der Waals surface area contributed by atoms with Gasteiger partial charge in [0.05, 0.1) is 17.1 Å². The number of likely N-dealkylation sites (N-methyl/N-ethyl adjacent to an activating group) is 1. The van der Waals surface area contributed by atoms with Gasteiger partial charge in [-0.1, -0.05) is 13.0 Å². The number of aromatic carboxylic acids is 1. The first kappa shape index (κ1) is 16.6. The minimum Gasteiger partial charge on any atom is -0.478 e. The van der Waals surface area contributed by atoms with Gasteiger partial charge in [0.25, 0.3) is 0 Å². The molecule has 0 radical (unpaired) electrons. The van der Waals surface area contributed by atoms with Crippen molar-refractivity contribution >= 4 is 16.0 Å². The van der Waals surface area contributed by atoms with Crippen LogP contribution in [0, 0.1) is 6.92 Å². The number of hydrogen-bond acceptors (Lipinski definition) is 4. The van der Waals surface area contributed by atoms with E-state index < -0.39 is 16.0 Å². The van der Waals surface area contributed by atoms with E-state index in [1.165, 1.54) is 29.6 Å². The zero-order valence-corrected chi connectivity index (χ0v) is 12.6. The molecule has 0 bridgehead atoms. The van der Waals surface area contributed by atoms with Gasteiger partial charge in [-0.15, -0.1) is 0 Å². The maximum Gasteiger partial charge on any atom is 0.335 e. The summed E-state index contributed by atoms with van der Waals surface area (Å²) in [6.07, 6.45) is 0. The summed E-state index contributed by atoms with van der Waals surface area (Å²) in [6, 6.07) is 4.12. The highest BCUT2D eigenvalue weighted by molar-refractivity contribution is 7.89. The van der Waals surface area contributed by atoms with Gasteiger partial charge in [0.2, 0.25) is 10.0 Å². The normalized spacial score (nSPS) is 11.8. The fourth-order valence-electron chi connectivity index (χ4n) is 1.78. The van der Waals surface area contributed by atoms with Gasteiger partial charge in [0, 0.05) is 20.2 Å². The Morgan fingerprint density at radius 1 is 1.40 bits per heavy atom. The number of carbonyl (C=O) groups is 1. The second-order valence-corrected chi connectivity index (χ2v) is 6.21. The van der Waals surface area contributed by atoms with Gasteiger partial charge >= 0.3 is 5.97 Å². The van der Waals surface area contributed by atoms with Crippen LogP contribution in [-0.2, 0) is 14.8 Å². The SMILES string of the molecule is CCN(CCOC)S(=O)(=O)c1ccc(C)c(C(=O)O)c1. The van der Waals surface area contributed by atoms with Gasteiger partial charge in [0.15, 0.2) is 0 Å². The number of nitrogens with zero attached hydrogens (tertiary/aromatic N) is 1. The van der Waals surface area contributed by atoms with Crippen molar-refractivity contribution < 1.29 is 23.1 Å². The molecule has 1 aromatic carbocycles. The molecule has 1 N–H and O–H groups in total. The number of carboxylic acids is 1. The van der Waals surface area contributed by atoms with Crippen molar-refractivity contribution in [1.29, 1.82) is 0 Å². The van der Waals surface area contributed by atoms with E-state index in [0.29, 0.717) is 12.1 Å². The van der Waals surface area contributed by atoms with Crippen LogP contribution >= 0.6 is 0 Å². The van der Waals surface area contributed by atoms with Gasteiger partial charge in [-0.05, 0) is 24.6 Å². The molecule has 0 saturated heterocycles. The Morgan fingerprint density at radius 2 is 2.05 bits per heavy atom. The Hall–Kier alpha value is -1.44. The predicted octanol–water partition coefficient (Wildman–Crippen LogP) is 1.35. The molecule has 0 amide bonds. The topological polar surface area (TPSA) is 83.9 Å². The Labute approximate surface area is 119 Å². The lowest BCUT2D eigenvalue weighted by Gasteiger charge is -2.20. The Bertz CT molecular complexity index is 582. The first-order valence-electron chi connectivity index (χ1n) is 6.17. The van der Waals surface area contributed by atoms with E-state index >= 15 is 0 Å². The quantitative estimate of drug-likeness (QED) is 0.822. The third-order valence-corrected chi connectivity index (χ3v) is 4.95. The number of methoxy groups -OCH3 is 1. The smallest absolute Gasteiger partial charge is 0.335 e. The number of sulfonamides is 1. The molecule has 0 aromatic heterocycles. The first-order valence-corrected chi connectivity index (χ1v) is 7.61. The van der Waals surface area contributed by atoms with Gasteiger partial charge in [-0.25, -0.2) is 13.2 Å². The van der Waals surface area contributed by atoms with Crippen molar-refractivity contribution in [2.45, 2.75) is 18.7 Å². The van der Waals surface area contributed by atoms with E-state index in [2.05, 4.69) is 0 Å². The van der Waals surface area contributed by atoms with Crippen molar-refractivity contribution in [2.24, 2.45) is 0 Å². The molecule has 0 aliphatic heterocycles. The van der Waals surface area contributed by atoms with Gasteiger partial charge in [0.1, 0.15) is 0 Å². The molecule has 0 atom stereocenters. The predicted molar refractivity (Wildman–Crippen MR) is 74.4 cm³/mol.